The normalized spacial score (nSPS) is 10.5. The van der Waals surface area contributed by atoms with Crippen molar-refractivity contribution in [3.05, 3.63) is 35.0 Å². The highest BCUT2D eigenvalue weighted by Crippen LogP contribution is 2.05. The molecule has 0 amide bonds. The van der Waals surface area contributed by atoms with Gasteiger partial charge in [0.15, 0.2) is 0 Å². The van der Waals surface area contributed by atoms with Crippen molar-refractivity contribution >= 4 is 25.3 Å². The van der Waals surface area contributed by atoms with E-state index in [1.54, 1.807) is 18.5 Å². The van der Waals surface area contributed by atoms with E-state index in [4.69, 9.17) is 5.84 Å². The summed E-state index contributed by atoms with van der Waals surface area (Å²) in [5.74, 6) is 5.43. The van der Waals surface area contributed by atoms with Crippen LogP contribution in [0.3, 0.4) is 0 Å². The van der Waals surface area contributed by atoms with Crippen LogP contribution in [0.1, 0.15) is 0 Å². The molecule has 5 heteroatoms. The molecule has 0 bridgehead atoms. The van der Waals surface area contributed by atoms with Crippen molar-refractivity contribution in [3.8, 4) is 0 Å². The Morgan fingerprint density at radius 1 is 1.46 bits per heavy atom. The molecule has 0 radical (unpaired) electrons. The van der Waals surface area contributed by atoms with Gasteiger partial charge in [-0.15, -0.1) is 9.24 Å². The Morgan fingerprint density at radius 2 is 2.23 bits per heavy atom. The Hall–Kier alpha value is -1.41. The number of rotatable bonds is 0. The summed E-state index contributed by atoms with van der Waals surface area (Å²) >= 11 is 0. The fourth-order valence-electron chi connectivity index (χ4n) is 1.22. The molecule has 2 aromatic rings. The minimum absolute atomic E-state index is 0.204. The highest BCUT2D eigenvalue weighted by Gasteiger charge is 2.03. The van der Waals surface area contributed by atoms with Gasteiger partial charge in [0.2, 0.25) is 0 Å². The minimum Gasteiger partial charge on any atom is -0.336 e. The molecular weight excluding hydrogens is 185 g/mol. The standard InChI is InChI=1S/C8H8N3OP/c9-11-2-1-5-3-10-4-6(13)7(5)8(11)12/h1-4H,9,13H2. The van der Waals surface area contributed by atoms with Crippen molar-refractivity contribution in [1.29, 1.82) is 0 Å². The molecule has 0 aliphatic heterocycles. The molecule has 4 nitrogen and oxygen atoms in total. The smallest absolute Gasteiger partial charge is 0.277 e. The van der Waals surface area contributed by atoms with Gasteiger partial charge < -0.3 is 5.84 Å². The van der Waals surface area contributed by atoms with Crippen LogP contribution in [0.2, 0.25) is 0 Å². The van der Waals surface area contributed by atoms with Crippen molar-refractivity contribution in [1.82, 2.24) is 9.66 Å². The van der Waals surface area contributed by atoms with E-state index in [0.717, 1.165) is 15.4 Å². The molecule has 0 fully saturated rings. The Kier molecular flexibility index (Phi) is 1.78. The van der Waals surface area contributed by atoms with Gasteiger partial charge in [-0.2, -0.15) is 0 Å². The molecule has 0 saturated heterocycles. The van der Waals surface area contributed by atoms with E-state index in [1.807, 2.05) is 0 Å². The summed E-state index contributed by atoms with van der Waals surface area (Å²) in [6.45, 7) is 0. The average molecular weight is 193 g/mol. The van der Waals surface area contributed by atoms with Gasteiger partial charge in [-0.25, -0.2) is 4.68 Å². The van der Waals surface area contributed by atoms with Crippen molar-refractivity contribution in [3.63, 3.8) is 0 Å². The molecule has 1 atom stereocenters. The van der Waals surface area contributed by atoms with E-state index in [9.17, 15) is 4.79 Å². The second-order valence-corrected chi connectivity index (χ2v) is 3.34. The van der Waals surface area contributed by atoms with Crippen LogP contribution >= 0.6 is 9.24 Å². The number of pyridine rings is 2. The maximum Gasteiger partial charge on any atom is 0.277 e. The summed E-state index contributed by atoms with van der Waals surface area (Å²) in [6.07, 6.45) is 4.79. The average Bonchev–Trinajstić information content (AvgIpc) is 2.12. The molecule has 0 aliphatic rings. The van der Waals surface area contributed by atoms with Crippen molar-refractivity contribution in [2.24, 2.45) is 0 Å². The summed E-state index contributed by atoms with van der Waals surface area (Å²) in [6, 6.07) is 1.76. The first kappa shape index (κ1) is 8.20. The van der Waals surface area contributed by atoms with Crippen LogP contribution in [0, 0.1) is 0 Å². The van der Waals surface area contributed by atoms with Gasteiger partial charge in [0.05, 0.1) is 5.39 Å². The zero-order valence-electron chi connectivity index (χ0n) is 6.77. The van der Waals surface area contributed by atoms with Gasteiger partial charge >= 0.3 is 0 Å². The van der Waals surface area contributed by atoms with Crippen molar-refractivity contribution in [2.45, 2.75) is 0 Å². The predicted octanol–water partition coefficient (Wildman–Crippen LogP) is -0.389. The zero-order chi connectivity index (χ0) is 9.42. The lowest BCUT2D eigenvalue weighted by atomic mass is 10.2. The molecule has 0 aliphatic carbocycles. The van der Waals surface area contributed by atoms with Crippen LogP contribution in [0.5, 0.6) is 0 Å². The molecule has 0 spiro atoms. The summed E-state index contributed by atoms with van der Waals surface area (Å²) in [7, 11) is 2.47. The molecule has 1 unspecified atom stereocenters. The van der Waals surface area contributed by atoms with Gasteiger partial charge in [-0.05, 0) is 6.07 Å². The van der Waals surface area contributed by atoms with Crippen LogP contribution in [0.25, 0.3) is 10.8 Å². The van der Waals surface area contributed by atoms with Gasteiger partial charge in [-0.3, -0.25) is 9.78 Å². The highest BCUT2D eigenvalue weighted by atomic mass is 31.0. The SMILES string of the molecule is Nn1ccc2cncc(P)c2c1=O. The lowest BCUT2D eigenvalue weighted by Gasteiger charge is -2.02. The highest BCUT2D eigenvalue weighted by molar-refractivity contribution is 7.28. The maximum absolute atomic E-state index is 11.5. The Bertz CT molecular complexity index is 520. The third-order valence-corrected chi connectivity index (χ3v) is 2.31. The summed E-state index contributed by atoms with van der Waals surface area (Å²) < 4.78 is 1.07. The second kappa shape index (κ2) is 2.82. The number of nitrogen functional groups attached to an aromatic ring is 1. The van der Waals surface area contributed by atoms with E-state index >= 15 is 0 Å². The fourth-order valence-corrected chi connectivity index (χ4v) is 1.60. The number of hydrogen-bond acceptors (Lipinski definition) is 3. The molecule has 0 aromatic carbocycles. The molecule has 66 valence electrons. The van der Waals surface area contributed by atoms with E-state index in [-0.39, 0.29) is 5.56 Å². The lowest BCUT2D eigenvalue weighted by molar-refractivity contribution is 0.953. The molecule has 13 heavy (non-hydrogen) atoms. The lowest BCUT2D eigenvalue weighted by Crippen LogP contribution is -2.28. The third-order valence-electron chi connectivity index (χ3n) is 1.87. The van der Waals surface area contributed by atoms with E-state index in [1.165, 1.54) is 6.20 Å². The number of aromatic nitrogens is 2. The fraction of sp³-hybridized carbons (Fsp3) is 0. The first-order valence-corrected chi connectivity index (χ1v) is 4.28. The molecular formula is C8H8N3OP. The molecule has 2 heterocycles. The van der Waals surface area contributed by atoms with Gasteiger partial charge in [-0.1, -0.05) is 0 Å². The number of fused-ring (bicyclic) bond motifs is 1. The topological polar surface area (TPSA) is 60.9 Å². The third kappa shape index (κ3) is 1.19. The summed E-state index contributed by atoms with van der Waals surface area (Å²) in [4.78, 5) is 15.5. The van der Waals surface area contributed by atoms with E-state index < -0.39 is 0 Å². The minimum atomic E-state index is -0.204. The Labute approximate surface area is 76.6 Å². The largest absolute Gasteiger partial charge is 0.336 e. The first-order valence-electron chi connectivity index (χ1n) is 3.70. The summed E-state index contributed by atoms with van der Waals surface area (Å²) in [5.41, 5.74) is -0.204. The molecule has 0 saturated carbocycles. The number of nitrogens with zero attached hydrogens (tertiary/aromatic N) is 2. The van der Waals surface area contributed by atoms with Crippen LogP contribution < -0.4 is 16.7 Å². The van der Waals surface area contributed by atoms with Crippen LogP contribution in [0.4, 0.5) is 0 Å². The second-order valence-electron chi connectivity index (χ2n) is 2.72. The predicted molar refractivity (Wildman–Crippen MR) is 55.5 cm³/mol. The number of hydrogen-bond donors (Lipinski definition) is 1. The molecule has 2 rings (SSSR count). The van der Waals surface area contributed by atoms with Crippen molar-refractivity contribution in [2.75, 3.05) is 5.84 Å². The van der Waals surface area contributed by atoms with E-state index in [2.05, 4.69) is 14.2 Å². The van der Waals surface area contributed by atoms with Crippen LogP contribution in [-0.2, 0) is 0 Å². The first-order chi connectivity index (χ1) is 6.20. The molecule has 2 aromatic heterocycles. The Balaban J connectivity index is 3.06. The number of nitrogens with two attached hydrogens (primary N) is 1. The van der Waals surface area contributed by atoms with Gasteiger partial charge in [0.1, 0.15) is 0 Å². The van der Waals surface area contributed by atoms with Gasteiger partial charge in [0, 0.05) is 29.3 Å². The van der Waals surface area contributed by atoms with E-state index in [0.29, 0.717) is 5.39 Å². The maximum atomic E-state index is 11.5. The van der Waals surface area contributed by atoms with Crippen molar-refractivity contribution < 1.29 is 0 Å². The zero-order valence-corrected chi connectivity index (χ0v) is 7.92. The monoisotopic (exact) mass is 193 g/mol. The van der Waals surface area contributed by atoms with Crippen LogP contribution in [0.15, 0.2) is 29.5 Å². The summed E-state index contributed by atoms with van der Waals surface area (Å²) in [5, 5.41) is 2.17. The molecule has 2 N–H and O–H groups in total. The van der Waals surface area contributed by atoms with Crippen LogP contribution in [-0.4, -0.2) is 9.66 Å². The quantitative estimate of drug-likeness (QED) is 0.458. The Morgan fingerprint density at radius 3 is 3.00 bits per heavy atom. The van der Waals surface area contributed by atoms with Gasteiger partial charge in [0.25, 0.3) is 5.56 Å².